The van der Waals surface area contributed by atoms with E-state index in [4.69, 9.17) is 11.6 Å². The Kier molecular flexibility index (Phi) is 4.58. The first-order chi connectivity index (χ1) is 8.72. The van der Waals surface area contributed by atoms with Gasteiger partial charge in [0.15, 0.2) is 0 Å². The summed E-state index contributed by atoms with van der Waals surface area (Å²) in [7, 11) is 0. The summed E-state index contributed by atoms with van der Waals surface area (Å²) in [4.78, 5) is 8.03. The second-order valence-corrected chi connectivity index (χ2v) is 5.14. The molecule has 18 heavy (non-hydrogen) atoms. The number of aromatic nitrogens is 2. The first-order valence-corrected chi connectivity index (χ1v) is 6.86. The van der Waals surface area contributed by atoms with Gasteiger partial charge in [-0.3, -0.25) is 0 Å². The van der Waals surface area contributed by atoms with Crippen LogP contribution in [0.2, 0.25) is 5.15 Å². The molecule has 2 rings (SSSR count). The first-order valence-electron chi connectivity index (χ1n) is 5.50. The molecule has 2 aromatic rings. The lowest BCUT2D eigenvalue weighted by Crippen LogP contribution is -1.96. The highest BCUT2D eigenvalue weighted by Gasteiger charge is 2.09. The van der Waals surface area contributed by atoms with Crippen LogP contribution in [0.25, 0.3) is 0 Å². The molecule has 0 aliphatic carbocycles. The number of benzene rings is 1. The zero-order valence-corrected chi connectivity index (χ0v) is 11.5. The smallest absolute Gasteiger partial charge is 0.139 e. The fraction of sp³-hybridized carbons (Fsp3) is 0.231. The summed E-state index contributed by atoms with van der Waals surface area (Å²) in [5.41, 5.74) is 3.09. The number of aliphatic hydroxyl groups is 1. The summed E-state index contributed by atoms with van der Waals surface area (Å²) in [5, 5.41) is 10.3. The number of hydrogen-bond acceptors (Lipinski definition) is 4. The van der Waals surface area contributed by atoms with Crippen molar-refractivity contribution in [2.75, 3.05) is 0 Å². The fourth-order valence-corrected chi connectivity index (χ4v) is 2.87. The summed E-state index contributed by atoms with van der Waals surface area (Å²) in [5.74, 6) is 0.799. The largest absolute Gasteiger partial charge is 0.391 e. The zero-order chi connectivity index (χ0) is 13.0. The number of aliphatic hydroxyl groups excluding tert-OH is 1. The van der Waals surface area contributed by atoms with Crippen molar-refractivity contribution < 1.29 is 5.11 Å². The molecule has 0 atom stereocenters. The summed E-state index contributed by atoms with van der Waals surface area (Å²) < 4.78 is 0. The van der Waals surface area contributed by atoms with E-state index in [1.54, 1.807) is 11.8 Å². The van der Waals surface area contributed by atoms with Crippen LogP contribution in [0.3, 0.4) is 0 Å². The molecule has 94 valence electrons. The highest BCUT2D eigenvalue weighted by molar-refractivity contribution is 7.98. The molecular weight excluding hydrogens is 268 g/mol. The maximum absolute atomic E-state index is 9.27. The van der Waals surface area contributed by atoms with Crippen LogP contribution < -0.4 is 0 Å². The minimum atomic E-state index is -0.143. The van der Waals surface area contributed by atoms with Gasteiger partial charge < -0.3 is 5.11 Å². The highest BCUT2D eigenvalue weighted by atomic mass is 35.5. The van der Waals surface area contributed by atoms with Gasteiger partial charge in [0, 0.05) is 11.3 Å². The van der Waals surface area contributed by atoms with Gasteiger partial charge in [-0.25, -0.2) is 9.97 Å². The normalized spacial score (nSPS) is 10.6. The molecule has 1 aromatic carbocycles. The van der Waals surface area contributed by atoms with E-state index in [-0.39, 0.29) is 6.61 Å². The van der Waals surface area contributed by atoms with E-state index in [1.807, 2.05) is 12.1 Å². The van der Waals surface area contributed by atoms with Crippen LogP contribution in [-0.4, -0.2) is 15.1 Å². The third kappa shape index (κ3) is 3.02. The molecule has 5 heteroatoms. The van der Waals surface area contributed by atoms with Crippen molar-refractivity contribution >= 4 is 23.4 Å². The van der Waals surface area contributed by atoms with Crippen molar-refractivity contribution in [3.8, 4) is 0 Å². The number of hydrogen-bond donors (Lipinski definition) is 1. The SMILES string of the molecule is Cc1ccccc1CSc1ncnc(Cl)c1CO. The number of thioether (sulfide) groups is 1. The second-order valence-electron chi connectivity index (χ2n) is 3.82. The van der Waals surface area contributed by atoms with E-state index in [9.17, 15) is 5.11 Å². The first kappa shape index (κ1) is 13.3. The molecule has 0 saturated heterocycles. The molecule has 0 aliphatic heterocycles. The van der Waals surface area contributed by atoms with Gasteiger partial charge in [-0.05, 0) is 18.1 Å². The van der Waals surface area contributed by atoms with E-state index >= 15 is 0 Å². The number of aryl methyl sites for hydroxylation is 1. The molecule has 0 unspecified atom stereocenters. The average molecular weight is 281 g/mol. The van der Waals surface area contributed by atoms with E-state index in [0.717, 1.165) is 10.8 Å². The quantitative estimate of drug-likeness (QED) is 0.690. The Morgan fingerprint density at radius 2 is 2.06 bits per heavy atom. The van der Waals surface area contributed by atoms with Crippen LogP contribution in [0.1, 0.15) is 16.7 Å². The Morgan fingerprint density at radius 1 is 1.28 bits per heavy atom. The van der Waals surface area contributed by atoms with Crippen molar-refractivity contribution in [2.24, 2.45) is 0 Å². The van der Waals surface area contributed by atoms with Gasteiger partial charge >= 0.3 is 0 Å². The van der Waals surface area contributed by atoms with Crippen LogP contribution >= 0.6 is 23.4 Å². The molecule has 3 nitrogen and oxygen atoms in total. The Balaban J connectivity index is 2.16. The molecule has 0 amide bonds. The number of nitrogens with zero attached hydrogens (tertiary/aromatic N) is 2. The lowest BCUT2D eigenvalue weighted by atomic mass is 10.1. The highest BCUT2D eigenvalue weighted by Crippen LogP contribution is 2.28. The summed E-state index contributed by atoms with van der Waals surface area (Å²) >= 11 is 7.48. The van der Waals surface area contributed by atoms with Crippen LogP contribution in [0.15, 0.2) is 35.6 Å². The molecule has 0 spiro atoms. The van der Waals surface area contributed by atoms with Crippen LogP contribution in [0.4, 0.5) is 0 Å². The van der Waals surface area contributed by atoms with E-state index in [2.05, 4.69) is 29.0 Å². The van der Waals surface area contributed by atoms with Crippen molar-refractivity contribution in [3.63, 3.8) is 0 Å². The molecule has 1 aromatic heterocycles. The van der Waals surface area contributed by atoms with E-state index in [0.29, 0.717) is 10.7 Å². The third-order valence-corrected chi connectivity index (χ3v) is 4.04. The van der Waals surface area contributed by atoms with Crippen LogP contribution in [0.5, 0.6) is 0 Å². The molecule has 1 N–H and O–H groups in total. The maximum Gasteiger partial charge on any atom is 0.139 e. The van der Waals surface area contributed by atoms with Gasteiger partial charge in [-0.1, -0.05) is 35.9 Å². The molecule has 0 aliphatic rings. The van der Waals surface area contributed by atoms with Crippen molar-refractivity contribution in [2.45, 2.75) is 24.3 Å². The summed E-state index contributed by atoms with van der Waals surface area (Å²) in [6.45, 7) is 1.94. The lowest BCUT2D eigenvalue weighted by Gasteiger charge is -2.08. The Labute approximate surface area is 115 Å². The second kappa shape index (κ2) is 6.18. The van der Waals surface area contributed by atoms with Gasteiger partial charge in [0.2, 0.25) is 0 Å². The van der Waals surface area contributed by atoms with E-state index in [1.165, 1.54) is 17.5 Å². The minimum absolute atomic E-state index is 0.143. The Hall–Kier alpha value is -1.10. The number of halogens is 1. The van der Waals surface area contributed by atoms with Gasteiger partial charge in [-0.15, -0.1) is 11.8 Å². The summed E-state index contributed by atoms with van der Waals surface area (Å²) in [6.07, 6.45) is 1.42. The Morgan fingerprint density at radius 3 is 2.78 bits per heavy atom. The van der Waals surface area contributed by atoms with Crippen molar-refractivity contribution in [1.29, 1.82) is 0 Å². The minimum Gasteiger partial charge on any atom is -0.391 e. The van der Waals surface area contributed by atoms with Gasteiger partial charge in [-0.2, -0.15) is 0 Å². The monoisotopic (exact) mass is 280 g/mol. The summed E-state index contributed by atoms with van der Waals surface area (Å²) in [6, 6.07) is 8.20. The van der Waals surface area contributed by atoms with Crippen LogP contribution in [0, 0.1) is 6.92 Å². The number of rotatable bonds is 4. The molecule has 0 fully saturated rings. The predicted octanol–water partition coefficient (Wildman–Crippen LogP) is 3.22. The van der Waals surface area contributed by atoms with Gasteiger partial charge in [0.1, 0.15) is 16.5 Å². The topological polar surface area (TPSA) is 46.0 Å². The average Bonchev–Trinajstić information content (AvgIpc) is 2.38. The van der Waals surface area contributed by atoms with Gasteiger partial charge in [0.05, 0.1) is 6.61 Å². The Bertz CT molecular complexity index is 548. The molecular formula is C13H13ClN2OS. The molecule has 0 radical (unpaired) electrons. The molecule has 0 bridgehead atoms. The van der Waals surface area contributed by atoms with Gasteiger partial charge in [0.25, 0.3) is 0 Å². The standard InChI is InChI=1S/C13H13ClN2OS/c1-9-4-2-3-5-10(9)7-18-13-11(6-17)12(14)15-8-16-13/h2-5,8,17H,6-7H2,1H3. The third-order valence-electron chi connectivity index (χ3n) is 2.64. The van der Waals surface area contributed by atoms with E-state index < -0.39 is 0 Å². The van der Waals surface area contributed by atoms with Crippen molar-refractivity contribution in [1.82, 2.24) is 9.97 Å². The molecule has 0 saturated carbocycles. The lowest BCUT2D eigenvalue weighted by molar-refractivity contribution is 0.277. The van der Waals surface area contributed by atoms with Crippen LogP contribution in [-0.2, 0) is 12.4 Å². The fourth-order valence-electron chi connectivity index (χ4n) is 1.55. The zero-order valence-electron chi connectivity index (χ0n) is 9.93. The van der Waals surface area contributed by atoms with Crippen molar-refractivity contribution in [3.05, 3.63) is 52.4 Å². The molecule has 1 heterocycles. The maximum atomic E-state index is 9.27. The predicted molar refractivity (Wildman–Crippen MR) is 73.7 cm³/mol.